The molecule has 2 rings (SSSR count). The van der Waals surface area contributed by atoms with Crippen LogP contribution in [0.2, 0.25) is 0 Å². The molecule has 1 heterocycles. The van der Waals surface area contributed by atoms with E-state index in [1.165, 1.54) is 36.7 Å². The molecule has 0 aliphatic heterocycles. The van der Waals surface area contributed by atoms with Gasteiger partial charge in [0.1, 0.15) is 17.3 Å². The fraction of sp³-hybridized carbons (Fsp3) is 0.0667. The van der Waals surface area contributed by atoms with Crippen LogP contribution in [-0.4, -0.2) is 16.1 Å². The molecule has 1 aromatic carbocycles. The lowest BCUT2D eigenvalue weighted by Crippen LogP contribution is -1.90. The fourth-order valence-corrected chi connectivity index (χ4v) is 1.60. The number of halogens is 1. The van der Waals surface area contributed by atoms with Crippen LogP contribution in [0.15, 0.2) is 42.7 Å². The number of carboxylic acid groups (broad SMARTS) is 1. The van der Waals surface area contributed by atoms with E-state index in [-0.39, 0.29) is 5.82 Å². The zero-order valence-electron chi connectivity index (χ0n) is 10.7. The average Bonchev–Trinajstić information content (AvgIpc) is 2.40. The number of benzene rings is 1. The second kappa shape index (κ2) is 5.97. The van der Waals surface area contributed by atoms with Crippen LogP contribution in [0.3, 0.4) is 0 Å². The summed E-state index contributed by atoms with van der Waals surface area (Å²) in [5.41, 5.74) is 1.26. The second-order valence-electron chi connectivity index (χ2n) is 4.14. The van der Waals surface area contributed by atoms with Crippen molar-refractivity contribution in [3.8, 4) is 11.5 Å². The van der Waals surface area contributed by atoms with Crippen LogP contribution in [0, 0.1) is 12.7 Å². The van der Waals surface area contributed by atoms with Crippen molar-refractivity contribution in [2.24, 2.45) is 0 Å². The highest BCUT2D eigenvalue weighted by molar-refractivity contribution is 5.85. The van der Waals surface area contributed by atoms with Gasteiger partial charge >= 0.3 is 5.97 Å². The van der Waals surface area contributed by atoms with E-state index in [1.807, 2.05) is 0 Å². The Hall–Kier alpha value is -2.69. The van der Waals surface area contributed by atoms with Gasteiger partial charge in [-0.05, 0) is 48.4 Å². The van der Waals surface area contributed by atoms with E-state index in [2.05, 4.69) is 4.98 Å². The summed E-state index contributed by atoms with van der Waals surface area (Å²) < 4.78 is 18.6. The Morgan fingerprint density at radius 2 is 2.15 bits per heavy atom. The second-order valence-corrected chi connectivity index (χ2v) is 4.14. The number of aromatic nitrogens is 1. The Balaban J connectivity index is 2.21. The summed E-state index contributed by atoms with van der Waals surface area (Å²) in [6, 6.07) is 5.86. The van der Waals surface area contributed by atoms with Crippen molar-refractivity contribution in [1.82, 2.24) is 4.98 Å². The smallest absolute Gasteiger partial charge is 0.328 e. The summed E-state index contributed by atoms with van der Waals surface area (Å²) in [6.45, 7) is 1.74. The molecule has 20 heavy (non-hydrogen) atoms. The summed E-state index contributed by atoms with van der Waals surface area (Å²) >= 11 is 0. The summed E-state index contributed by atoms with van der Waals surface area (Å²) in [5, 5.41) is 8.57. The molecule has 1 N–H and O–H groups in total. The summed E-state index contributed by atoms with van der Waals surface area (Å²) in [7, 11) is 0. The number of carboxylic acids is 1. The van der Waals surface area contributed by atoms with Gasteiger partial charge < -0.3 is 9.84 Å². The highest BCUT2D eigenvalue weighted by Crippen LogP contribution is 2.25. The van der Waals surface area contributed by atoms with Crippen LogP contribution in [0.4, 0.5) is 4.39 Å². The van der Waals surface area contributed by atoms with Gasteiger partial charge in [-0.1, -0.05) is 0 Å². The molecule has 0 saturated heterocycles. The SMILES string of the molecule is Cc1cc(F)ccc1Oc1cncc(/C=C/C(=O)O)c1. The number of aryl methyl sites for hydroxylation is 1. The molecular weight excluding hydrogens is 261 g/mol. The van der Waals surface area contributed by atoms with Gasteiger partial charge in [0.15, 0.2) is 0 Å². The number of aliphatic carboxylic acids is 1. The van der Waals surface area contributed by atoms with Gasteiger partial charge in [-0.3, -0.25) is 4.98 Å². The average molecular weight is 273 g/mol. The third-order valence-corrected chi connectivity index (χ3v) is 2.52. The molecule has 4 nitrogen and oxygen atoms in total. The number of nitrogens with zero attached hydrogens (tertiary/aromatic N) is 1. The minimum Gasteiger partial charge on any atom is -0.478 e. The van der Waals surface area contributed by atoms with Crippen molar-refractivity contribution in [2.75, 3.05) is 0 Å². The van der Waals surface area contributed by atoms with E-state index < -0.39 is 5.97 Å². The summed E-state index contributed by atoms with van der Waals surface area (Å²) in [6.07, 6.45) is 5.45. The number of pyridine rings is 1. The predicted octanol–water partition coefficient (Wildman–Crippen LogP) is 3.42. The third kappa shape index (κ3) is 3.65. The molecule has 2 aromatic rings. The minimum atomic E-state index is -1.04. The highest BCUT2D eigenvalue weighted by atomic mass is 19.1. The molecule has 0 bridgehead atoms. The lowest BCUT2D eigenvalue weighted by Gasteiger charge is -2.08. The number of hydrogen-bond donors (Lipinski definition) is 1. The zero-order valence-corrected chi connectivity index (χ0v) is 10.7. The van der Waals surface area contributed by atoms with E-state index in [0.29, 0.717) is 22.6 Å². The zero-order chi connectivity index (χ0) is 14.5. The highest BCUT2D eigenvalue weighted by Gasteiger charge is 2.03. The van der Waals surface area contributed by atoms with E-state index in [0.717, 1.165) is 6.08 Å². The van der Waals surface area contributed by atoms with Crippen molar-refractivity contribution in [1.29, 1.82) is 0 Å². The topological polar surface area (TPSA) is 59.4 Å². The number of ether oxygens (including phenoxy) is 1. The largest absolute Gasteiger partial charge is 0.478 e. The van der Waals surface area contributed by atoms with Gasteiger partial charge in [-0.15, -0.1) is 0 Å². The first-order valence-corrected chi connectivity index (χ1v) is 5.84. The molecule has 0 fully saturated rings. The van der Waals surface area contributed by atoms with Crippen molar-refractivity contribution in [3.05, 3.63) is 59.7 Å². The molecule has 0 aliphatic carbocycles. The molecular formula is C15H12FNO3. The van der Waals surface area contributed by atoms with Gasteiger partial charge in [-0.2, -0.15) is 0 Å². The van der Waals surface area contributed by atoms with E-state index in [4.69, 9.17) is 9.84 Å². The Morgan fingerprint density at radius 3 is 2.85 bits per heavy atom. The van der Waals surface area contributed by atoms with Gasteiger partial charge in [0.05, 0.1) is 6.20 Å². The maximum absolute atomic E-state index is 13.0. The molecule has 0 atom stereocenters. The van der Waals surface area contributed by atoms with Gasteiger partial charge in [-0.25, -0.2) is 9.18 Å². The monoisotopic (exact) mass is 273 g/mol. The molecule has 102 valence electrons. The summed E-state index contributed by atoms with van der Waals surface area (Å²) in [5.74, 6) is -0.392. The lowest BCUT2D eigenvalue weighted by molar-refractivity contribution is -0.131. The first-order chi connectivity index (χ1) is 9.54. The molecule has 0 radical (unpaired) electrons. The van der Waals surface area contributed by atoms with Crippen molar-refractivity contribution >= 4 is 12.0 Å². The molecule has 0 saturated carbocycles. The van der Waals surface area contributed by atoms with Crippen LogP contribution in [0.5, 0.6) is 11.5 Å². The van der Waals surface area contributed by atoms with Gasteiger partial charge in [0, 0.05) is 12.3 Å². The quantitative estimate of drug-likeness (QED) is 0.867. The van der Waals surface area contributed by atoms with Gasteiger partial charge in [0.25, 0.3) is 0 Å². The molecule has 1 aromatic heterocycles. The standard InChI is InChI=1S/C15H12FNO3/c1-10-6-12(16)3-4-14(10)20-13-7-11(8-17-9-13)2-5-15(18)19/h2-9H,1H3,(H,18,19)/b5-2+. The third-order valence-electron chi connectivity index (χ3n) is 2.52. The first-order valence-electron chi connectivity index (χ1n) is 5.84. The van der Waals surface area contributed by atoms with Crippen molar-refractivity contribution in [3.63, 3.8) is 0 Å². The Morgan fingerprint density at radius 1 is 1.35 bits per heavy atom. The molecule has 5 heteroatoms. The van der Waals surface area contributed by atoms with Crippen LogP contribution in [0.1, 0.15) is 11.1 Å². The lowest BCUT2D eigenvalue weighted by atomic mass is 10.2. The molecule has 0 aliphatic rings. The minimum absolute atomic E-state index is 0.328. The van der Waals surface area contributed by atoms with Crippen LogP contribution in [-0.2, 0) is 4.79 Å². The van der Waals surface area contributed by atoms with E-state index in [1.54, 1.807) is 13.0 Å². The van der Waals surface area contributed by atoms with Crippen molar-refractivity contribution < 1.29 is 19.0 Å². The maximum Gasteiger partial charge on any atom is 0.328 e. The normalized spacial score (nSPS) is 10.7. The van der Waals surface area contributed by atoms with Crippen LogP contribution >= 0.6 is 0 Å². The Labute approximate surface area is 115 Å². The Bertz CT molecular complexity index is 668. The maximum atomic E-state index is 13.0. The Kier molecular flexibility index (Phi) is 4.10. The number of hydrogen-bond acceptors (Lipinski definition) is 3. The predicted molar refractivity (Wildman–Crippen MR) is 72.1 cm³/mol. The summed E-state index contributed by atoms with van der Waals surface area (Å²) in [4.78, 5) is 14.4. The van der Waals surface area contributed by atoms with Crippen LogP contribution < -0.4 is 4.74 Å². The number of carbonyl (C=O) groups is 1. The van der Waals surface area contributed by atoms with E-state index in [9.17, 15) is 9.18 Å². The van der Waals surface area contributed by atoms with Crippen LogP contribution in [0.25, 0.3) is 6.08 Å². The molecule has 0 spiro atoms. The molecule has 0 amide bonds. The first kappa shape index (κ1) is 13.7. The molecule has 0 unspecified atom stereocenters. The fourth-order valence-electron chi connectivity index (χ4n) is 1.60. The number of rotatable bonds is 4. The van der Waals surface area contributed by atoms with Crippen molar-refractivity contribution in [2.45, 2.75) is 6.92 Å². The van der Waals surface area contributed by atoms with E-state index >= 15 is 0 Å². The van der Waals surface area contributed by atoms with Gasteiger partial charge in [0.2, 0.25) is 0 Å².